The van der Waals surface area contributed by atoms with E-state index < -0.39 is 33.4 Å². The normalized spacial score (nSPS) is 28.9. The van der Waals surface area contributed by atoms with Crippen LogP contribution < -0.4 is 14.4 Å². The highest BCUT2D eigenvalue weighted by atomic mass is 35.5. The number of nitrogens with zero attached hydrogens (tertiary/aromatic N) is 1. The summed E-state index contributed by atoms with van der Waals surface area (Å²) in [6.07, 6.45) is 0. The molecule has 1 aliphatic heterocycles. The highest BCUT2D eigenvalue weighted by molar-refractivity contribution is 6.38. The average Bonchev–Trinajstić information content (AvgIpc) is 3.13. The Morgan fingerprint density at radius 3 is 1.58 bits per heavy atom. The van der Waals surface area contributed by atoms with E-state index in [1.54, 1.807) is 18.2 Å². The quantitative estimate of drug-likeness (QED) is 0.399. The monoisotopic (exact) mass is 479 g/mol. The Morgan fingerprint density at radius 1 is 0.727 bits per heavy atom. The molecule has 2 amide bonds. The van der Waals surface area contributed by atoms with E-state index >= 15 is 0 Å². The third kappa shape index (κ3) is 2.29. The number of imide groups is 1. The first kappa shape index (κ1) is 20.6. The molecule has 3 aliphatic carbocycles. The van der Waals surface area contributed by atoms with Crippen molar-refractivity contribution >= 4 is 40.7 Å². The maximum Gasteiger partial charge on any atom is 0.240 e. The standard InChI is InChI=1S/C26H19Cl2NO4/c1-32-14-11-12-19(20(13-14)33-2)29-23(30)21-22(24(29)31)26(28)16-8-4-3-7-15(16)25(21,27)17-9-5-6-10-18(17)26/h3-13,21-22H,1-2H3/t21-,22-,25?,26?/m1/s1. The molecule has 1 fully saturated rings. The number of amides is 2. The van der Waals surface area contributed by atoms with E-state index in [1.807, 2.05) is 48.5 Å². The van der Waals surface area contributed by atoms with Crippen LogP contribution in [0.2, 0.25) is 0 Å². The van der Waals surface area contributed by atoms with Gasteiger partial charge in [-0.3, -0.25) is 9.59 Å². The van der Waals surface area contributed by atoms with E-state index in [0.717, 1.165) is 22.3 Å². The minimum atomic E-state index is -1.21. The van der Waals surface area contributed by atoms with Crippen LogP contribution in [-0.4, -0.2) is 26.0 Å². The van der Waals surface area contributed by atoms with Gasteiger partial charge in [0.15, 0.2) is 0 Å². The lowest BCUT2D eigenvalue weighted by molar-refractivity contribution is -0.122. The lowest BCUT2D eigenvalue weighted by atomic mass is 9.54. The molecule has 0 spiro atoms. The van der Waals surface area contributed by atoms with Crippen molar-refractivity contribution in [2.45, 2.75) is 9.75 Å². The number of methoxy groups -OCH3 is 2. The minimum absolute atomic E-state index is 0.343. The van der Waals surface area contributed by atoms with E-state index in [4.69, 9.17) is 32.7 Å². The minimum Gasteiger partial charge on any atom is -0.497 e. The molecule has 2 atom stereocenters. The van der Waals surface area contributed by atoms with Crippen LogP contribution >= 0.6 is 23.2 Å². The molecule has 3 aromatic rings. The SMILES string of the molecule is COc1ccc(N2C(=O)[C@H]3[C@H](C2=O)C2(Cl)c4ccccc4C3(Cl)c3ccccc32)c(OC)c1. The number of halogens is 2. The van der Waals surface area contributed by atoms with Crippen LogP contribution in [0.5, 0.6) is 11.5 Å². The molecular formula is C26H19Cl2NO4. The number of ether oxygens (including phenoxy) is 2. The van der Waals surface area contributed by atoms with Gasteiger partial charge in [-0.25, -0.2) is 4.90 Å². The summed E-state index contributed by atoms with van der Waals surface area (Å²) < 4.78 is 10.8. The van der Waals surface area contributed by atoms with Crippen LogP contribution in [0.25, 0.3) is 0 Å². The summed E-state index contributed by atoms with van der Waals surface area (Å²) in [5, 5.41) is 0. The summed E-state index contributed by atoms with van der Waals surface area (Å²) in [4.78, 5) is 26.8. The summed E-state index contributed by atoms with van der Waals surface area (Å²) in [5.41, 5.74) is 3.42. The molecule has 3 aromatic carbocycles. The summed E-state index contributed by atoms with van der Waals surface area (Å²) in [5.74, 6) is -1.60. The number of anilines is 1. The van der Waals surface area contributed by atoms with Gasteiger partial charge in [0.05, 0.1) is 31.7 Å². The third-order valence-corrected chi connectivity index (χ3v) is 8.50. The molecule has 166 valence electrons. The van der Waals surface area contributed by atoms with E-state index in [0.29, 0.717) is 17.2 Å². The largest absolute Gasteiger partial charge is 0.497 e. The number of carbonyl (C=O) groups is 2. The molecule has 0 unspecified atom stereocenters. The zero-order chi connectivity index (χ0) is 23.1. The summed E-state index contributed by atoms with van der Waals surface area (Å²) in [6, 6.07) is 20.1. The zero-order valence-electron chi connectivity index (χ0n) is 17.8. The first-order valence-corrected chi connectivity index (χ1v) is 11.3. The maximum absolute atomic E-state index is 14.0. The van der Waals surface area contributed by atoms with Gasteiger partial charge in [-0.2, -0.15) is 0 Å². The second kappa shape index (κ2) is 6.75. The van der Waals surface area contributed by atoms with Gasteiger partial charge in [-0.15, -0.1) is 23.2 Å². The first-order chi connectivity index (χ1) is 15.9. The lowest BCUT2D eigenvalue weighted by Crippen LogP contribution is -2.57. The van der Waals surface area contributed by atoms with E-state index in [-0.39, 0.29) is 0 Å². The van der Waals surface area contributed by atoms with Crippen LogP contribution in [0, 0.1) is 11.8 Å². The van der Waals surface area contributed by atoms with Crippen molar-refractivity contribution in [1.29, 1.82) is 0 Å². The van der Waals surface area contributed by atoms with Crippen LogP contribution in [0.1, 0.15) is 22.3 Å². The molecule has 0 N–H and O–H groups in total. The number of carbonyl (C=O) groups excluding carboxylic acids is 2. The fourth-order valence-electron chi connectivity index (χ4n) is 5.87. The van der Waals surface area contributed by atoms with Crippen LogP contribution in [0.4, 0.5) is 5.69 Å². The van der Waals surface area contributed by atoms with Crippen molar-refractivity contribution in [2.75, 3.05) is 19.1 Å². The van der Waals surface area contributed by atoms with Crippen molar-refractivity contribution < 1.29 is 19.1 Å². The van der Waals surface area contributed by atoms with Crippen molar-refractivity contribution in [3.63, 3.8) is 0 Å². The van der Waals surface area contributed by atoms with E-state index in [1.165, 1.54) is 19.1 Å². The van der Waals surface area contributed by atoms with Gasteiger partial charge < -0.3 is 9.47 Å². The van der Waals surface area contributed by atoms with Gasteiger partial charge in [0.2, 0.25) is 11.8 Å². The summed E-state index contributed by atoms with van der Waals surface area (Å²) >= 11 is 14.9. The average molecular weight is 480 g/mol. The molecule has 7 heteroatoms. The molecule has 2 bridgehead atoms. The van der Waals surface area contributed by atoms with Crippen LogP contribution in [-0.2, 0) is 19.3 Å². The van der Waals surface area contributed by atoms with Gasteiger partial charge in [0.25, 0.3) is 0 Å². The van der Waals surface area contributed by atoms with Gasteiger partial charge in [0.1, 0.15) is 21.2 Å². The predicted molar refractivity (Wildman–Crippen MR) is 125 cm³/mol. The number of hydrogen-bond donors (Lipinski definition) is 0. The molecule has 33 heavy (non-hydrogen) atoms. The van der Waals surface area contributed by atoms with Gasteiger partial charge in [0, 0.05) is 6.07 Å². The fraction of sp³-hybridized carbons (Fsp3) is 0.231. The van der Waals surface area contributed by atoms with E-state index in [9.17, 15) is 9.59 Å². The van der Waals surface area contributed by atoms with Gasteiger partial charge in [-0.05, 0) is 34.4 Å². The number of hydrogen-bond acceptors (Lipinski definition) is 4. The Morgan fingerprint density at radius 2 is 1.18 bits per heavy atom. The van der Waals surface area contributed by atoms with Crippen molar-refractivity contribution in [1.82, 2.24) is 0 Å². The topological polar surface area (TPSA) is 55.8 Å². The summed E-state index contributed by atoms with van der Waals surface area (Å²) in [6.45, 7) is 0. The first-order valence-electron chi connectivity index (χ1n) is 10.6. The van der Waals surface area contributed by atoms with Crippen molar-refractivity contribution in [3.8, 4) is 11.5 Å². The Labute approximate surface area is 200 Å². The molecule has 0 radical (unpaired) electrons. The highest BCUT2D eigenvalue weighted by Gasteiger charge is 2.73. The maximum atomic E-state index is 14.0. The lowest BCUT2D eigenvalue weighted by Gasteiger charge is -2.54. The van der Waals surface area contributed by atoms with Crippen molar-refractivity contribution in [2.24, 2.45) is 11.8 Å². The molecule has 4 aliphatic rings. The molecule has 0 aromatic heterocycles. The second-order valence-electron chi connectivity index (χ2n) is 8.52. The number of alkyl halides is 2. The molecule has 7 rings (SSSR count). The number of rotatable bonds is 3. The Bertz CT molecular complexity index is 1230. The molecule has 1 heterocycles. The Kier molecular flexibility index (Phi) is 4.21. The molecular weight excluding hydrogens is 461 g/mol. The Hall–Kier alpha value is -3.02. The summed E-state index contributed by atoms with van der Waals surface area (Å²) in [7, 11) is 3.02. The number of benzene rings is 3. The zero-order valence-corrected chi connectivity index (χ0v) is 19.4. The van der Waals surface area contributed by atoms with Gasteiger partial charge in [-0.1, -0.05) is 48.5 Å². The smallest absolute Gasteiger partial charge is 0.240 e. The van der Waals surface area contributed by atoms with Crippen molar-refractivity contribution in [3.05, 3.63) is 89.0 Å². The fourth-order valence-corrected chi connectivity index (χ4v) is 6.97. The van der Waals surface area contributed by atoms with Crippen LogP contribution in [0.3, 0.4) is 0 Å². The van der Waals surface area contributed by atoms with E-state index in [2.05, 4.69) is 0 Å². The Balaban J connectivity index is 1.62. The van der Waals surface area contributed by atoms with Crippen LogP contribution in [0.15, 0.2) is 66.7 Å². The second-order valence-corrected chi connectivity index (χ2v) is 9.71. The molecule has 0 saturated carbocycles. The third-order valence-electron chi connectivity index (χ3n) is 7.21. The predicted octanol–water partition coefficient (Wildman–Crippen LogP) is 4.80. The molecule has 1 saturated heterocycles. The molecule has 5 nitrogen and oxygen atoms in total. The highest BCUT2D eigenvalue weighted by Crippen LogP contribution is 2.69. The van der Waals surface area contributed by atoms with Gasteiger partial charge >= 0.3 is 0 Å².